The summed E-state index contributed by atoms with van der Waals surface area (Å²) in [5.74, 6) is -0.244. The average molecular weight is 291 g/mol. The third-order valence-corrected chi connectivity index (χ3v) is 4.22. The van der Waals surface area contributed by atoms with Gasteiger partial charge < -0.3 is 15.2 Å². The Hall–Kier alpha value is -2.04. The smallest absolute Gasteiger partial charge is 0.329 e. The van der Waals surface area contributed by atoms with Gasteiger partial charge in [0.25, 0.3) is 5.91 Å². The third kappa shape index (κ3) is 3.35. The van der Waals surface area contributed by atoms with Gasteiger partial charge in [-0.1, -0.05) is 13.0 Å². The molecule has 0 radical (unpaired) electrons. The quantitative estimate of drug-likeness (QED) is 0.893. The minimum atomic E-state index is -1.15. The van der Waals surface area contributed by atoms with Crippen molar-refractivity contribution < 1.29 is 19.4 Å². The molecule has 5 nitrogen and oxygen atoms in total. The van der Waals surface area contributed by atoms with Gasteiger partial charge in [0, 0.05) is 5.56 Å². The summed E-state index contributed by atoms with van der Waals surface area (Å²) in [5, 5.41) is 12.3. The number of amides is 1. The van der Waals surface area contributed by atoms with Crippen molar-refractivity contribution in [1.82, 2.24) is 5.32 Å². The first-order valence-corrected chi connectivity index (χ1v) is 7.17. The van der Waals surface area contributed by atoms with Crippen molar-refractivity contribution in [3.63, 3.8) is 0 Å². The molecule has 1 saturated carbocycles. The number of hydrogen-bond donors (Lipinski definition) is 2. The molecule has 21 heavy (non-hydrogen) atoms. The van der Waals surface area contributed by atoms with Crippen molar-refractivity contribution in [2.75, 3.05) is 7.11 Å². The first-order valence-electron chi connectivity index (χ1n) is 7.17. The van der Waals surface area contributed by atoms with Crippen molar-refractivity contribution in [3.8, 4) is 5.75 Å². The zero-order valence-electron chi connectivity index (χ0n) is 12.4. The van der Waals surface area contributed by atoms with Gasteiger partial charge in [-0.05, 0) is 49.8 Å². The summed E-state index contributed by atoms with van der Waals surface area (Å²) in [6.07, 6.45) is 2.56. The van der Waals surface area contributed by atoms with E-state index in [1.54, 1.807) is 24.3 Å². The van der Waals surface area contributed by atoms with Crippen molar-refractivity contribution in [1.29, 1.82) is 0 Å². The number of nitrogens with one attached hydrogen (secondary N) is 1. The molecular formula is C16H21NO4. The second-order valence-corrected chi connectivity index (χ2v) is 5.76. The Morgan fingerprint density at radius 1 is 1.33 bits per heavy atom. The van der Waals surface area contributed by atoms with Crippen molar-refractivity contribution in [2.45, 2.75) is 38.1 Å². The Labute approximate surface area is 124 Å². The SMILES string of the molecule is COc1cccc(C(=O)NC2(C(=O)O)CCC(C)CC2)c1. The molecule has 0 heterocycles. The monoisotopic (exact) mass is 291 g/mol. The molecule has 2 rings (SSSR count). The van der Waals surface area contributed by atoms with Crippen LogP contribution in [0.5, 0.6) is 5.75 Å². The van der Waals surface area contributed by atoms with Crippen molar-refractivity contribution in [3.05, 3.63) is 29.8 Å². The maximum Gasteiger partial charge on any atom is 0.329 e. The standard InChI is InChI=1S/C16H21NO4/c1-11-6-8-16(9-7-11,15(19)20)17-14(18)12-4-3-5-13(10-12)21-2/h3-5,10-11H,6-9H2,1-2H3,(H,17,18)(H,19,20). The van der Waals surface area contributed by atoms with Crippen LogP contribution >= 0.6 is 0 Å². The molecule has 1 aromatic rings. The van der Waals surface area contributed by atoms with Gasteiger partial charge >= 0.3 is 5.97 Å². The van der Waals surface area contributed by atoms with Gasteiger partial charge in [-0.3, -0.25) is 4.79 Å². The fraction of sp³-hybridized carbons (Fsp3) is 0.500. The molecule has 5 heteroatoms. The summed E-state index contributed by atoms with van der Waals surface area (Å²) in [6, 6.07) is 6.71. The Morgan fingerprint density at radius 3 is 2.57 bits per heavy atom. The molecule has 1 aliphatic rings. The summed E-state index contributed by atoms with van der Waals surface area (Å²) in [5.41, 5.74) is -0.735. The van der Waals surface area contributed by atoms with Crippen LogP contribution in [-0.4, -0.2) is 29.6 Å². The number of carbonyl (C=O) groups is 2. The van der Waals surface area contributed by atoms with Crippen LogP contribution in [0, 0.1) is 5.92 Å². The maximum atomic E-state index is 12.3. The molecule has 1 amide bonds. The molecule has 0 unspecified atom stereocenters. The van der Waals surface area contributed by atoms with Crippen LogP contribution in [0.4, 0.5) is 0 Å². The van der Waals surface area contributed by atoms with E-state index in [-0.39, 0.29) is 5.91 Å². The fourth-order valence-corrected chi connectivity index (χ4v) is 2.70. The number of hydrogen-bond acceptors (Lipinski definition) is 3. The molecule has 2 N–H and O–H groups in total. The lowest BCUT2D eigenvalue weighted by molar-refractivity contribution is -0.146. The fourth-order valence-electron chi connectivity index (χ4n) is 2.70. The highest BCUT2D eigenvalue weighted by Crippen LogP contribution is 2.32. The van der Waals surface area contributed by atoms with Crippen LogP contribution < -0.4 is 10.1 Å². The molecule has 114 valence electrons. The number of benzene rings is 1. The lowest BCUT2D eigenvalue weighted by atomic mass is 9.77. The molecule has 0 atom stereocenters. The first kappa shape index (κ1) is 15.4. The number of carbonyl (C=O) groups excluding carboxylic acids is 1. The number of carboxylic acid groups (broad SMARTS) is 1. The van der Waals surface area contributed by atoms with Gasteiger partial charge in [-0.15, -0.1) is 0 Å². The van der Waals surface area contributed by atoms with Crippen molar-refractivity contribution in [2.24, 2.45) is 5.92 Å². The van der Waals surface area contributed by atoms with Crippen LogP contribution in [0.3, 0.4) is 0 Å². The normalized spacial score (nSPS) is 25.1. The molecule has 1 aromatic carbocycles. The van der Waals surface area contributed by atoms with E-state index in [9.17, 15) is 14.7 Å². The highest BCUT2D eigenvalue weighted by Gasteiger charge is 2.42. The van der Waals surface area contributed by atoms with E-state index in [2.05, 4.69) is 12.2 Å². The number of carboxylic acids is 1. The summed E-state index contributed by atoms with van der Waals surface area (Å²) >= 11 is 0. The minimum Gasteiger partial charge on any atom is -0.497 e. The number of methoxy groups -OCH3 is 1. The Bertz CT molecular complexity index is 533. The lowest BCUT2D eigenvalue weighted by Gasteiger charge is -2.36. The van der Waals surface area contributed by atoms with Gasteiger partial charge in [0.2, 0.25) is 0 Å². The molecule has 0 aliphatic heterocycles. The predicted molar refractivity (Wildman–Crippen MR) is 78.5 cm³/mol. The Balaban J connectivity index is 2.17. The van der Waals surface area contributed by atoms with E-state index in [0.29, 0.717) is 30.1 Å². The van der Waals surface area contributed by atoms with Crippen molar-refractivity contribution >= 4 is 11.9 Å². The summed E-state index contributed by atoms with van der Waals surface area (Å²) in [6.45, 7) is 2.11. The molecular weight excluding hydrogens is 270 g/mol. The van der Waals surface area contributed by atoms with E-state index in [4.69, 9.17) is 4.74 Å². The van der Waals surface area contributed by atoms with Gasteiger partial charge in [-0.2, -0.15) is 0 Å². The molecule has 0 aromatic heterocycles. The average Bonchev–Trinajstić information content (AvgIpc) is 2.49. The van der Waals surface area contributed by atoms with Gasteiger partial charge in [0.15, 0.2) is 0 Å². The van der Waals surface area contributed by atoms with Crippen LogP contribution in [-0.2, 0) is 4.79 Å². The number of aliphatic carboxylic acids is 1. The van der Waals surface area contributed by atoms with Crippen LogP contribution in [0.2, 0.25) is 0 Å². The maximum absolute atomic E-state index is 12.3. The second kappa shape index (κ2) is 6.16. The van der Waals surface area contributed by atoms with Crippen LogP contribution in [0.25, 0.3) is 0 Å². The third-order valence-electron chi connectivity index (χ3n) is 4.22. The highest BCUT2D eigenvalue weighted by atomic mass is 16.5. The zero-order valence-corrected chi connectivity index (χ0v) is 12.4. The molecule has 1 aliphatic carbocycles. The summed E-state index contributed by atoms with van der Waals surface area (Å²) < 4.78 is 5.09. The summed E-state index contributed by atoms with van der Waals surface area (Å²) in [4.78, 5) is 24.0. The highest BCUT2D eigenvalue weighted by molar-refractivity contribution is 5.98. The van der Waals surface area contributed by atoms with Gasteiger partial charge in [-0.25, -0.2) is 4.79 Å². The predicted octanol–water partition coefficient (Wildman–Crippen LogP) is 2.46. The number of rotatable bonds is 4. The van der Waals surface area contributed by atoms with Crippen LogP contribution in [0.1, 0.15) is 43.0 Å². The van der Waals surface area contributed by atoms with E-state index >= 15 is 0 Å². The molecule has 0 saturated heterocycles. The van der Waals surface area contributed by atoms with Gasteiger partial charge in [0.05, 0.1) is 7.11 Å². The lowest BCUT2D eigenvalue weighted by Crippen LogP contribution is -2.56. The topological polar surface area (TPSA) is 75.6 Å². The minimum absolute atomic E-state index is 0.370. The Morgan fingerprint density at radius 2 is 2.00 bits per heavy atom. The first-order chi connectivity index (χ1) is 9.97. The van der Waals surface area contributed by atoms with E-state index in [1.807, 2.05) is 0 Å². The summed E-state index contributed by atoms with van der Waals surface area (Å²) in [7, 11) is 1.53. The zero-order chi connectivity index (χ0) is 15.5. The van der Waals surface area contributed by atoms with E-state index in [0.717, 1.165) is 12.8 Å². The molecule has 0 spiro atoms. The molecule has 0 bridgehead atoms. The van der Waals surface area contributed by atoms with E-state index < -0.39 is 11.5 Å². The number of ether oxygens (including phenoxy) is 1. The Kier molecular flexibility index (Phi) is 4.50. The van der Waals surface area contributed by atoms with E-state index in [1.165, 1.54) is 7.11 Å². The van der Waals surface area contributed by atoms with Gasteiger partial charge in [0.1, 0.15) is 11.3 Å². The van der Waals surface area contributed by atoms with Crippen LogP contribution in [0.15, 0.2) is 24.3 Å². The largest absolute Gasteiger partial charge is 0.497 e. The second-order valence-electron chi connectivity index (χ2n) is 5.76. The molecule has 1 fully saturated rings.